The van der Waals surface area contributed by atoms with Crippen LogP contribution >= 0.6 is 0 Å². The van der Waals surface area contributed by atoms with Gasteiger partial charge in [0, 0.05) is 18.8 Å². The van der Waals surface area contributed by atoms with Gasteiger partial charge in [-0.1, -0.05) is 32.1 Å². The molecular formula is C10H18N2. The summed E-state index contributed by atoms with van der Waals surface area (Å²) in [6.07, 6.45) is 10.3. The number of hydrogen-bond acceptors (Lipinski definition) is 2. The van der Waals surface area contributed by atoms with Crippen molar-refractivity contribution in [3.63, 3.8) is 0 Å². The van der Waals surface area contributed by atoms with Gasteiger partial charge >= 0.3 is 0 Å². The van der Waals surface area contributed by atoms with Gasteiger partial charge < -0.3 is 10.7 Å². The van der Waals surface area contributed by atoms with E-state index in [1.54, 1.807) is 6.08 Å². The lowest BCUT2D eigenvalue weighted by atomic mass is 10.2. The molecule has 1 aliphatic rings. The highest BCUT2D eigenvalue weighted by Gasteiger charge is 2.03. The SMILES string of the molecule is CC.N=C/C=C\CC1C=CCN1. The number of allylic oxidation sites excluding steroid dienone is 1. The molecule has 0 fully saturated rings. The van der Waals surface area contributed by atoms with Crippen LogP contribution in [-0.2, 0) is 0 Å². The lowest BCUT2D eigenvalue weighted by Gasteiger charge is -2.02. The van der Waals surface area contributed by atoms with Crippen molar-refractivity contribution in [2.75, 3.05) is 6.54 Å². The predicted molar refractivity (Wildman–Crippen MR) is 54.8 cm³/mol. The van der Waals surface area contributed by atoms with Crippen LogP contribution in [0.2, 0.25) is 0 Å². The minimum atomic E-state index is 0.496. The van der Waals surface area contributed by atoms with Gasteiger partial charge in [0.25, 0.3) is 0 Å². The molecule has 0 amide bonds. The van der Waals surface area contributed by atoms with Crippen LogP contribution in [0.1, 0.15) is 20.3 Å². The second kappa shape index (κ2) is 8.21. The summed E-state index contributed by atoms with van der Waals surface area (Å²) in [6.45, 7) is 4.99. The van der Waals surface area contributed by atoms with Crippen LogP contribution in [0.4, 0.5) is 0 Å². The molecule has 0 bridgehead atoms. The first kappa shape index (κ1) is 11.1. The fraction of sp³-hybridized carbons (Fsp3) is 0.500. The van der Waals surface area contributed by atoms with Gasteiger partial charge in [0.2, 0.25) is 0 Å². The molecule has 0 saturated carbocycles. The number of nitrogens with one attached hydrogen (secondary N) is 2. The minimum absolute atomic E-state index is 0.496. The summed E-state index contributed by atoms with van der Waals surface area (Å²) < 4.78 is 0. The van der Waals surface area contributed by atoms with Gasteiger partial charge in [-0.25, -0.2) is 0 Å². The van der Waals surface area contributed by atoms with Gasteiger partial charge in [-0.15, -0.1) is 0 Å². The van der Waals surface area contributed by atoms with Gasteiger partial charge in [-0.05, 0) is 12.5 Å². The summed E-state index contributed by atoms with van der Waals surface area (Å²) in [4.78, 5) is 0. The Bertz CT molecular complexity index is 159. The first-order valence-corrected chi connectivity index (χ1v) is 4.49. The van der Waals surface area contributed by atoms with E-state index in [2.05, 4.69) is 17.5 Å². The van der Waals surface area contributed by atoms with Crippen molar-refractivity contribution in [3.8, 4) is 0 Å². The molecule has 0 saturated heterocycles. The van der Waals surface area contributed by atoms with Gasteiger partial charge in [-0.2, -0.15) is 0 Å². The molecule has 1 atom stereocenters. The first-order chi connectivity index (χ1) is 5.93. The lowest BCUT2D eigenvalue weighted by molar-refractivity contribution is 0.677. The molecule has 2 N–H and O–H groups in total. The normalized spacial score (nSPS) is 20.7. The molecule has 1 unspecified atom stereocenters. The average Bonchev–Trinajstić information content (AvgIpc) is 2.61. The Morgan fingerprint density at radius 2 is 2.33 bits per heavy atom. The Labute approximate surface area is 74.9 Å². The molecule has 0 aliphatic carbocycles. The Kier molecular flexibility index (Phi) is 7.60. The zero-order valence-electron chi connectivity index (χ0n) is 7.88. The van der Waals surface area contributed by atoms with Gasteiger partial charge in [-0.3, -0.25) is 0 Å². The summed E-state index contributed by atoms with van der Waals surface area (Å²) in [7, 11) is 0. The van der Waals surface area contributed by atoms with Crippen molar-refractivity contribution in [2.45, 2.75) is 26.3 Å². The van der Waals surface area contributed by atoms with Crippen molar-refractivity contribution in [1.82, 2.24) is 5.32 Å². The highest BCUT2D eigenvalue weighted by Crippen LogP contribution is 1.99. The van der Waals surface area contributed by atoms with Crippen LogP contribution in [0.3, 0.4) is 0 Å². The van der Waals surface area contributed by atoms with Crippen molar-refractivity contribution in [2.24, 2.45) is 0 Å². The van der Waals surface area contributed by atoms with E-state index in [9.17, 15) is 0 Å². The molecule has 68 valence electrons. The third-order valence-corrected chi connectivity index (χ3v) is 1.49. The average molecular weight is 166 g/mol. The molecule has 1 rings (SSSR count). The molecular weight excluding hydrogens is 148 g/mol. The van der Waals surface area contributed by atoms with Crippen LogP contribution in [0.15, 0.2) is 24.3 Å². The first-order valence-electron chi connectivity index (χ1n) is 4.49. The topological polar surface area (TPSA) is 35.9 Å². The molecule has 12 heavy (non-hydrogen) atoms. The molecule has 1 heterocycles. The summed E-state index contributed by atoms with van der Waals surface area (Å²) in [6, 6.07) is 0.496. The van der Waals surface area contributed by atoms with E-state index in [1.807, 2.05) is 19.9 Å². The predicted octanol–water partition coefficient (Wildman–Crippen LogP) is 2.14. The van der Waals surface area contributed by atoms with Crippen molar-refractivity contribution >= 4 is 6.21 Å². The quantitative estimate of drug-likeness (QED) is 0.489. The molecule has 2 nitrogen and oxygen atoms in total. The lowest BCUT2D eigenvalue weighted by Crippen LogP contribution is -2.20. The second-order valence-electron chi connectivity index (χ2n) is 2.27. The van der Waals surface area contributed by atoms with Crippen LogP contribution in [-0.4, -0.2) is 18.8 Å². The number of hydrogen-bond donors (Lipinski definition) is 2. The largest absolute Gasteiger partial charge is 0.309 e. The second-order valence-corrected chi connectivity index (χ2v) is 2.27. The smallest absolute Gasteiger partial charge is 0.0288 e. The summed E-state index contributed by atoms with van der Waals surface area (Å²) in [5.74, 6) is 0. The van der Waals surface area contributed by atoms with Crippen LogP contribution in [0.25, 0.3) is 0 Å². The van der Waals surface area contributed by atoms with Crippen molar-refractivity contribution in [1.29, 1.82) is 5.41 Å². The van der Waals surface area contributed by atoms with E-state index >= 15 is 0 Å². The van der Waals surface area contributed by atoms with E-state index in [4.69, 9.17) is 5.41 Å². The zero-order valence-corrected chi connectivity index (χ0v) is 7.88. The molecule has 0 aromatic carbocycles. The Morgan fingerprint density at radius 1 is 1.58 bits per heavy atom. The Morgan fingerprint density at radius 3 is 2.83 bits per heavy atom. The van der Waals surface area contributed by atoms with Crippen molar-refractivity contribution in [3.05, 3.63) is 24.3 Å². The summed E-state index contributed by atoms with van der Waals surface area (Å²) in [5.41, 5.74) is 0. The van der Waals surface area contributed by atoms with Crippen LogP contribution < -0.4 is 5.32 Å². The maximum atomic E-state index is 6.73. The maximum absolute atomic E-state index is 6.73. The third-order valence-electron chi connectivity index (χ3n) is 1.49. The minimum Gasteiger partial charge on any atom is -0.309 e. The zero-order chi connectivity index (χ0) is 9.23. The standard InChI is InChI=1S/C8H12N2.C2H6/c9-6-2-1-4-8-5-3-7-10-8;1-2/h1-3,5-6,8-10H,4,7H2;1-2H3/b2-1-,9-6?;. The monoisotopic (exact) mass is 166 g/mol. The Balaban J connectivity index is 0.000000561. The van der Waals surface area contributed by atoms with Crippen molar-refractivity contribution < 1.29 is 0 Å². The fourth-order valence-corrected chi connectivity index (χ4v) is 0.975. The number of rotatable bonds is 3. The van der Waals surface area contributed by atoms with Crippen LogP contribution in [0.5, 0.6) is 0 Å². The van der Waals surface area contributed by atoms with Gasteiger partial charge in [0.15, 0.2) is 0 Å². The maximum Gasteiger partial charge on any atom is 0.0288 e. The van der Waals surface area contributed by atoms with E-state index in [1.165, 1.54) is 6.21 Å². The molecule has 0 radical (unpaired) electrons. The highest BCUT2D eigenvalue weighted by molar-refractivity contribution is 5.67. The van der Waals surface area contributed by atoms with E-state index in [0.29, 0.717) is 6.04 Å². The molecule has 1 aliphatic heterocycles. The molecule has 0 aromatic heterocycles. The van der Waals surface area contributed by atoms with Gasteiger partial charge in [0.1, 0.15) is 0 Å². The fourth-order valence-electron chi connectivity index (χ4n) is 0.975. The van der Waals surface area contributed by atoms with Gasteiger partial charge in [0.05, 0.1) is 0 Å². The highest BCUT2D eigenvalue weighted by atomic mass is 14.9. The molecule has 2 heteroatoms. The van der Waals surface area contributed by atoms with E-state index in [0.717, 1.165) is 13.0 Å². The van der Waals surface area contributed by atoms with E-state index in [-0.39, 0.29) is 0 Å². The molecule has 0 aromatic rings. The third kappa shape index (κ3) is 4.85. The van der Waals surface area contributed by atoms with Crippen LogP contribution in [0, 0.1) is 5.41 Å². The summed E-state index contributed by atoms with van der Waals surface area (Å²) >= 11 is 0. The summed E-state index contributed by atoms with van der Waals surface area (Å²) in [5, 5.41) is 10.0. The van der Waals surface area contributed by atoms with E-state index < -0.39 is 0 Å². The molecule has 0 spiro atoms. The Hall–Kier alpha value is -0.890.